The molecule has 24 heavy (non-hydrogen) atoms. The van der Waals surface area contributed by atoms with Crippen LogP contribution in [0, 0.1) is 25.2 Å². The highest BCUT2D eigenvalue weighted by molar-refractivity contribution is 5.95. The van der Waals surface area contributed by atoms with Crippen molar-refractivity contribution < 1.29 is 4.79 Å². The Morgan fingerprint density at radius 1 is 1.12 bits per heavy atom. The van der Waals surface area contributed by atoms with Crippen molar-refractivity contribution in [2.24, 2.45) is 0 Å². The number of rotatable bonds is 6. The van der Waals surface area contributed by atoms with Crippen molar-refractivity contribution in [1.82, 2.24) is 9.80 Å². The number of nitriles is 1. The summed E-state index contributed by atoms with van der Waals surface area (Å²) in [5.74, 6) is 0.0835. The van der Waals surface area contributed by atoms with Crippen molar-refractivity contribution in [3.8, 4) is 6.07 Å². The molecule has 0 saturated carbocycles. The maximum Gasteiger partial charge on any atom is 0.241 e. The Morgan fingerprint density at radius 2 is 1.71 bits per heavy atom. The van der Waals surface area contributed by atoms with E-state index in [0.717, 1.165) is 49.5 Å². The molecule has 1 aliphatic heterocycles. The molecule has 1 aromatic carbocycles. The van der Waals surface area contributed by atoms with Crippen LogP contribution in [0.2, 0.25) is 0 Å². The lowest BCUT2D eigenvalue weighted by Gasteiger charge is -2.34. The normalized spacial score (nSPS) is 15.9. The first-order chi connectivity index (χ1) is 11.5. The molecule has 5 nitrogen and oxygen atoms in total. The standard InChI is InChI=1S/C19H28N4O/c1-4-21-8-10-22(11-9-21)15-19(24)23(7-5-6-20)18-13-16(2)12-17(3)14-18/h12-14H,4-5,7-11,15H2,1-3H3. The number of hydrogen-bond donors (Lipinski definition) is 0. The molecular weight excluding hydrogens is 300 g/mol. The minimum absolute atomic E-state index is 0.0835. The first kappa shape index (κ1) is 18.4. The van der Waals surface area contributed by atoms with Crippen LogP contribution >= 0.6 is 0 Å². The van der Waals surface area contributed by atoms with Crippen LogP contribution in [-0.4, -0.2) is 61.5 Å². The third kappa shape index (κ3) is 5.05. The number of piperazine rings is 1. The fourth-order valence-corrected chi connectivity index (χ4v) is 3.21. The largest absolute Gasteiger partial charge is 0.310 e. The van der Waals surface area contributed by atoms with E-state index in [-0.39, 0.29) is 5.91 Å². The van der Waals surface area contributed by atoms with Gasteiger partial charge in [-0.2, -0.15) is 5.26 Å². The van der Waals surface area contributed by atoms with Gasteiger partial charge in [0.25, 0.3) is 0 Å². The fourth-order valence-electron chi connectivity index (χ4n) is 3.21. The van der Waals surface area contributed by atoms with Crippen LogP contribution in [0.25, 0.3) is 0 Å². The molecule has 0 N–H and O–H groups in total. The fraction of sp³-hybridized carbons (Fsp3) is 0.579. The predicted octanol–water partition coefficient (Wildman–Crippen LogP) is 2.19. The van der Waals surface area contributed by atoms with Crippen LogP contribution in [0.4, 0.5) is 5.69 Å². The number of likely N-dealkylation sites (N-methyl/N-ethyl adjacent to an activating group) is 1. The predicted molar refractivity (Wildman–Crippen MR) is 97.1 cm³/mol. The SMILES string of the molecule is CCN1CCN(CC(=O)N(CCC#N)c2cc(C)cc(C)c2)CC1. The van der Waals surface area contributed by atoms with E-state index in [0.29, 0.717) is 19.5 Å². The van der Waals surface area contributed by atoms with E-state index in [2.05, 4.69) is 28.9 Å². The Kier molecular flexibility index (Phi) is 6.77. The molecule has 0 unspecified atom stereocenters. The van der Waals surface area contributed by atoms with Gasteiger partial charge in [0.15, 0.2) is 0 Å². The summed E-state index contributed by atoms with van der Waals surface area (Å²) in [5.41, 5.74) is 3.17. The smallest absolute Gasteiger partial charge is 0.241 e. The van der Waals surface area contributed by atoms with Crippen LogP contribution in [0.1, 0.15) is 24.5 Å². The van der Waals surface area contributed by atoms with Crippen molar-refractivity contribution in [3.05, 3.63) is 29.3 Å². The van der Waals surface area contributed by atoms with Crippen molar-refractivity contribution in [2.45, 2.75) is 27.2 Å². The minimum atomic E-state index is 0.0835. The molecule has 0 radical (unpaired) electrons. The summed E-state index contributed by atoms with van der Waals surface area (Å²) in [5, 5.41) is 8.93. The topological polar surface area (TPSA) is 50.6 Å². The molecular formula is C19H28N4O. The third-order valence-electron chi connectivity index (χ3n) is 4.54. The van der Waals surface area contributed by atoms with Crippen molar-refractivity contribution in [3.63, 3.8) is 0 Å². The highest BCUT2D eigenvalue weighted by Gasteiger charge is 2.22. The number of nitrogens with zero attached hydrogens (tertiary/aromatic N) is 4. The van der Waals surface area contributed by atoms with Gasteiger partial charge in [-0.1, -0.05) is 13.0 Å². The molecule has 0 aromatic heterocycles. The minimum Gasteiger partial charge on any atom is -0.310 e. The van der Waals surface area contributed by atoms with E-state index < -0.39 is 0 Å². The van der Waals surface area contributed by atoms with Crippen molar-refractivity contribution >= 4 is 11.6 Å². The Labute approximate surface area is 145 Å². The maximum absolute atomic E-state index is 12.9. The van der Waals surface area contributed by atoms with Gasteiger partial charge < -0.3 is 9.80 Å². The first-order valence-electron chi connectivity index (χ1n) is 8.73. The van der Waals surface area contributed by atoms with Gasteiger partial charge >= 0.3 is 0 Å². The van der Waals surface area contributed by atoms with Gasteiger partial charge in [0.2, 0.25) is 5.91 Å². The lowest BCUT2D eigenvalue weighted by molar-refractivity contribution is -0.120. The molecule has 130 valence electrons. The third-order valence-corrected chi connectivity index (χ3v) is 4.54. The zero-order valence-electron chi connectivity index (χ0n) is 15.1. The number of amides is 1. The molecule has 1 saturated heterocycles. The average molecular weight is 328 g/mol. The van der Waals surface area contributed by atoms with Crippen LogP contribution in [0.5, 0.6) is 0 Å². The van der Waals surface area contributed by atoms with Gasteiger partial charge in [-0.3, -0.25) is 9.69 Å². The summed E-state index contributed by atoms with van der Waals surface area (Å²) in [6.07, 6.45) is 0.350. The Bertz CT molecular complexity index is 580. The average Bonchev–Trinajstić information content (AvgIpc) is 2.55. The zero-order valence-corrected chi connectivity index (χ0v) is 15.1. The molecule has 0 atom stereocenters. The van der Waals surface area contributed by atoms with E-state index in [4.69, 9.17) is 5.26 Å². The van der Waals surface area contributed by atoms with E-state index in [1.54, 1.807) is 4.90 Å². The lowest BCUT2D eigenvalue weighted by atomic mass is 10.1. The lowest BCUT2D eigenvalue weighted by Crippen LogP contribution is -2.50. The Hall–Kier alpha value is -1.90. The molecule has 0 aliphatic carbocycles. The summed E-state index contributed by atoms with van der Waals surface area (Å²) in [7, 11) is 0. The van der Waals surface area contributed by atoms with Crippen molar-refractivity contribution in [1.29, 1.82) is 5.26 Å². The number of benzene rings is 1. The van der Waals surface area contributed by atoms with E-state index in [9.17, 15) is 4.79 Å². The van der Waals surface area contributed by atoms with Crippen LogP contribution < -0.4 is 4.90 Å². The summed E-state index contributed by atoms with van der Waals surface area (Å²) >= 11 is 0. The molecule has 1 aromatic rings. The molecule has 2 rings (SSSR count). The number of carbonyl (C=O) groups is 1. The molecule has 0 spiro atoms. The first-order valence-corrected chi connectivity index (χ1v) is 8.73. The van der Waals surface area contributed by atoms with Gasteiger partial charge in [0.05, 0.1) is 19.0 Å². The van der Waals surface area contributed by atoms with E-state index in [1.165, 1.54) is 0 Å². The summed E-state index contributed by atoms with van der Waals surface area (Å²) < 4.78 is 0. The quantitative estimate of drug-likeness (QED) is 0.803. The van der Waals surface area contributed by atoms with Gasteiger partial charge in [-0.25, -0.2) is 0 Å². The monoisotopic (exact) mass is 328 g/mol. The second-order valence-corrected chi connectivity index (χ2v) is 6.51. The molecule has 1 aliphatic rings. The Morgan fingerprint density at radius 3 is 2.25 bits per heavy atom. The number of aryl methyl sites for hydroxylation is 2. The van der Waals surface area contributed by atoms with E-state index >= 15 is 0 Å². The highest BCUT2D eigenvalue weighted by Crippen LogP contribution is 2.20. The summed E-state index contributed by atoms with van der Waals surface area (Å²) in [6, 6.07) is 8.30. The second kappa shape index (κ2) is 8.81. The maximum atomic E-state index is 12.9. The van der Waals surface area contributed by atoms with Gasteiger partial charge in [-0.15, -0.1) is 0 Å². The Balaban J connectivity index is 2.07. The van der Waals surface area contributed by atoms with Crippen LogP contribution in [0.3, 0.4) is 0 Å². The van der Waals surface area contributed by atoms with Gasteiger partial charge in [0, 0.05) is 38.4 Å². The number of anilines is 1. The zero-order chi connectivity index (χ0) is 17.5. The molecule has 1 amide bonds. The number of hydrogen-bond acceptors (Lipinski definition) is 4. The molecule has 1 heterocycles. The highest BCUT2D eigenvalue weighted by atomic mass is 16.2. The summed E-state index contributed by atoms with van der Waals surface area (Å²) in [6.45, 7) is 12.1. The summed E-state index contributed by atoms with van der Waals surface area (Å²) in [4.78, 5) is 19.2. The van der Waals surface area contributed by atoms with Crippen LogP contribution in [-0.2, 0) is 4.79 Å². The second-order valence-electron chi connectivity index (χ2n) is 6.51. The van der Waals surface area contributed by atoms with Crippen molar-refractivity contribution in [2.75, 3.05) is 50.7 Å². The van der Waals surface area contributed by atoms with Crippen LogP contribution in [0.15, 0.2) is 18.2 Å². The molecule has 0 bridgehead atoms. The number of carbonyl (C=O) groups excluding carboxylic acids is 1. The van der Waals surface area contributed by atoms with Gasteiger partial charge in [-0.05, 0) is 43.7 Å². The van der Waals surface area contributed by atoms with Gasteiger partial charge in [0.1, 0.15) is 0 Å². The van der Waals surface area contributed by atoms with E-state index in [1.807, 2.05) is 26.0 Å². The molecule has 5 heteroatoms. The molecule has 1 fully saturated rings.